The number of urea groups is 1. The fourth-order valence-electron chi connectivity index (χ4n) is 4.43. The number of carbonyl (C=O) groups excluding carboxylic acids is 1. The summed E-state index contributed by atoms with van der Waals surface area (Å²) in [6.45, 7) is 0.795. The van der Waals surface area contributed by atoms with Crippen LogP contribution in [0.25, 0.3) is 0 Å². The number of nitrogens with one attached hydrogen (secondary N) is 1. The number of likely N-dealkylation sites (tertiary alicyclic amines) is 1. The van der Waals surface area contributed by atoms with Gasteiger partial charge in [0.2, 0.25) is 0 Å². The van der Waals surface area contributed by atoms with Crippen molar-refractivity contribution in [2.24, 2.45) is 12.5 Å². The first-order chi connectivity index (χ1) is 12.1. The Morgan fingerprint density at radius 1 is 1.16 bits per heavy atom. The minimum absolute atomic E-state index is 0.125. The maximum Gasteiger partial charge on any atom is 0.322 e. The van der Waals surface area contributed by atoms with Crippen molar-refractivity contribution in [3.05, 3.63) is 64.6 Å². The molecule has 5 nitrogen and oxygen atoms in total. The zero-order valence-corrected chi connectivity index (χ0v) is 14.4. The van der Waals surface area contributed by atoms with Crippen LogP contribution in [-0.2, 0) is 7.05 Å². The fourth-order valence-corrected chi connectivity index (χ4v) is 4.43. The van der Waals surface area contributed by atoms with Gasteiger partial charge in [0.1, 0.15) is 0 Å². The van der Waals surface area contributed by atoms with Crippen molar-refractivity contribution >= 4 is 11.7 Å². The van der Waals surface area contributed by atoms with E-state index in [1.807, 2.05) is 23.1 Å². The van der Waals surface area contributed by atoms with E-state index in [0.29, 0.717) is 5.69 Å². The Labute approximate surface area is 147 Å². The third kappa shape index (κ3) is 2.73. The molecule has 1 spiro atoms. The SMILES string of the molecule is Cn1ccc(NC(=O)N2CC3(CCCC3)C2c2ccccc2)cc1=O. The van der Waals surface area contributed by atoms with Gasteiger partial charge in [-0.15, -0.1) is 0 Å². The first-order valence-corrected chi connectivity index (χ1v) is 8.88. The van der Waals surface area contributed by atoms with E-state index < -0.39 is 0 Å². The zero-order chi connectivity index (χ0) is 17.4. The molecule has 1 N–H and O–H groups in total. The van der Waals surface area contributed by atoms with Crippen LogP contribution in [0.4, 0.5) is 10.5 Å². The summed E-state index contributed by atoms with van der Waals surface area (Å²) in [5.74, 6) is 0. The molecule has 2 amide bonds. The number of carbonyl (C=O) groups is 1. The van der Waals surface area contributed by atoms with Gasteiger partial charge in [0.05, 0.1) is 6.04 Å². The van der Waals surface area contributed by atoms with Crippen LogP contribution in [0.15, 0.2) is 53.5 Å². The Balaban J connectivity index is 1.57. The summed E-state index contributed by atoms with van der Waals surface area (Å²) in [7, 11) is 1.69. The zero-order valence-electron chi connectivity index (χ0n) is 14.4. The van der Waals surface area contributed by atoms with Gasteiger partial charge >= 0.3 is 6.03 Å². The molecule has 1 saturated heterocycles. The predicted octanol–water partition coefficient (Wildman–Crippen LogP) is 3.53. The smallest absolute Gasteiger partial charge is 0.318 e. The predicted molar refractivity (Wildman–Crippen MR) is 97.5 cm³/mol. The van der Waals surface area contributed by atoms with E-state index >= 15 is 0 Å². The highest BCUT2D eigenvalue weighted by molar-refractivity contribution is 5.90. The molecule has 0 bridgehead atoms. The van der Waals surface area contributed by atoms with Crippen molar-refractivity contribution in [3.8, 4) is 0 Å². The molecule has 2 aliphatic rings. The van der Waals surface area contributed by atoms with Crippen LogP contribution in [0, 0.1) is 5.41 Å². The number of nitrogens with zero attached hydrogens (tertiary/aromatic N) is 2. The maximum atomic E-state index is 12.8. The Hall–Kier alpha value is -2.56. The number of anilines is 1. The molecule has 2 aromatic rings. The molecule has 1 aliphatic heterocycles. The Kier molecular flexibility index (Phi) is 3.86. The third-order valence-corrected chi connectivity index (χ3v) is 5.71. The topological polar surface area (TPSA) is 54.3 Å². The first kappa shape index (κ1) is 15.9. The molecule has 1 aliphatic carbocycles. The molecule has 130 valence electrons. The van der Waals surface area contributed by atoms with Crippen molar-refractivity contribution in [1.29, 1.82) is 0 Å². The average Bonchev–Trinajstić information content (AvgIpc) is 3.09. The third-order valence-electron chi connectivity index (χ3n) is 5.71. The van der Waals surface area contributed by atoms with Gasteiger partial charge in [-0.1, -0.05) is 43.2 Å². The molecule has 1 aromatic carbocycles. The van der Waals surface area contributed by atoms with E-state index in [1.54, 1.807) is 19.3 Å². The number of benzene rings is 1. The molecular formula is C20H23N3O2. The number of amides is 2. The van der Waals surface area contributed by atoms with E-state index in [4.69, 9.17) is 0 Å². The van der Waals surface area contributed by atoms with Crippen molar-refractivity contribution in [2.75, 3.05) is 11.9 Å². The number of hydrogen-bond acceptors (Lipinski definition) is 2. The number of rotatable bonds is 2. The van der Waals surface area contributed by atoms with Gasteiger partial charge in [-0.05, 0) is 24.5 Å². The van der Waals surface area contributed by atoms with Gasteiger partial charge in [0.15, 0.2) is 0 Å². The minimum atomic E-state index is -0.131. The molecule has 1 saturated carbocycles. The second kappa shape index (κ2) is 6.06. The lowest BCUT2D eigenvalue weighted by Gasteiger charge is -2.56. The summed E-state index contributed by atoms with van der Waals surface area (Å²) < 4.78 is 1.49. The normalized spacial score (nSPS) is 21.2. The van der Waals surface area contributed by atoms with Gasteiger partial charge in [-0.3, -0.25) is 4.79 Å². The van der Waals surface area contributed by atoms with Crippen LogP contribution in [0.1, 0.15) is 37.3 Å². The van der Waals surface area contributed by atoms with Gasteiger partial charge in [-0.25, -0.2) is 4.79 Å². The number of pyridine rings is 1. The maximum absolute atomic E-state index is 12.8. The molecule has 1 aromatic heterocycles. The summed E-state index contributed by atoms with van der Waals surface area (Å²) in [5, 5.41) is 2.89. The number of aryl methyl sites for hydroxylation is 1. The largest absolute Gasteiger partial charge is 0.322 e. The van der Waals surface area contributed by atoms with E-state index in [0.717, 1.165) is 6.54 Å². The summed E-state index contributed by atoms with van der Waals surface area (Å²) >= 11 is 0. The molecule has 2 heterocycles. The van der Waals surface area contributed by atoms with Crippen LogP contribution < -0.4 is 10.9 Å². The Bertz CT molecular complexity index is 838. The van der Waals surface area contributed by atoms with Crippen LogP contribution in [0.3, 0.4) is 0 Å². The van der Waals surface area contributed by atoms with Crippen molar-refractivity contribution in [2.45, 2.75) is 31.7 Å². The number of aromatic nitrogens is 1. The minimum Gasteiger partial charge on any atom is -0.318 e. The van der Waals surface area contributed by atoms with Gasteiger partial charge in [-0.2, -0.15) is 0 Å². The summed E-state index contributed by atoms with van der Waals surface area (Å²) in [6.07, 6.45) is 6.52. The number of hydrogen-bond donors (Lipinski definition) is 1. The highest BCUT2D eigenvalue weighted by Gasteiger charge is 2.55. The second-order valence-electron chi connectivity index (χ2n) is 7.31. The van der Waals surface area contributed by atoms with Crippen LogP contribution in [-0.4, -0.2) is 22.0 Å². The lowest BCUT2D eigenvalue weighted by Crippen LogP contribution is -2.60. The first-order valence-electron chi connectivity index (χ1n) is 8.88. The molecule has 4 rings (SSSR count). The highest BCUT2D eigenvalue weighted by atomic mass is 16.2. The van der Waals surface area contributed by atoms with E-state index in [1.165, 1.54) is 41.9 Å². The Morgan fingerprint density at radius 3 is 2.56 bits per heavy atom. The van der Waals surface area contributed by atoms with Crippen LogP contribution in [0.2, 0.25) is 0 Å². The highest BCUT2D eigenvalue weighted by Crippen LogP contribution is 2.58. The van der Waals surface area contributed by atoms with Crippen molar-refractivity contribution < 1.29 is 4.79 Å². The second-order valence-corrected chi connectivity index (χ2v) is 7.31. The summed E-state index contributed by atoms with van der Waals surface area (Å²) in [6, 6.07) is 13.5. The fraction of sp³-hybridized carbons (Fsp3) is 0.400. The van der Waals surface area contributed by atoms with E-state index in [2.05, 4.69) is 17.4 Å². The van der Waals surface area contributed by atoms with Gasteiger partial charge in [0, 0.05) is 37.0 Å². The lowest BCUT2D eigenvalue weighted by atomic mass is 9.67. The average molecular weight is 337 g/mol. The molecule has 2 fully saturated rings. The van der Waals surface area contributed by atoms with E-state index in [9.17, 15) is 9.59 Å². The van der Waals surface area contributed by atoms with Crippen molar-refractivity contribution in [1.82, 2.24) is 9.47 Å². The molecular weight excluding hydrogens is 314 g/mol. The molecule has 1 unspecified atom stereocenters. The molecule has 25 heavy (non-hydrogen) atoms. The lowest BCUT2D eigenvalue weighted by molar-refractivity contribution is -0.0353. The van der Waals surface area contributed by atoms with E-state index in [-0.39, 0.29) is 23.0 Å². The standard InChI is InChI=1S/C20H23N3O2/c1-22-12-9-16(13-17(22)24)21-19(25)23-14-20(10-5-6-11-20)18(23)15-7-3-2-4-8-15/h2-4,7-9,12-13,18H,5-6,10-11,14H2,1H3,(H,21,25). The van der Waals surface area contributed by atoms with Gasteiger partial charge in [0.25, 0.3) is 5.56 Å². The quantitative estimate of drug-likeness (QED) is 0.911. The van der Waals surface area contributed by atoms with Gasteiger partial charge < -0.3 is 14.8 Å². The summed E-state index contributed by atoms with van der Waals surface area (Å²) in [4.78, 5) is 26.5. The molecule has 5 heteroatoms. The molecule has 1 atom stereocenters. The Morgan fingerprint density at radius 2 is 1.88 bits per heavy atom. The van der Waals surface area contributed by atoms with Crippen LogP contribution in [0.5, 0.6) is 0 Å². The summed E-state index contributed by atoms with van der Waals surface area (Å²) in [5.41, 5.74) is 1.85. The monoisotopic (exact) mass is 337 g/mol. The van der Waals surface area contributed by atoms with Crippen LogP contribution >= 0.6 is 0 Å². The van der Waals surface area contributed by atoms with Crippen molar-refractivity contribution in [3.63, 3.8) is 0 Å². The molecule has 0 radical (unpaired) electrons.